The highest BCUT2D eigenvalue weighted by atomic mass is 19.1. The molecule has 0 N–H and O–H groups in total. The first kappa shape index (κ1) is 15.8. The number of anilines is 1. The highest BCUT2D eigenvalue weighted by molar-refractivity contribution is 5.96. The third-order valence-electron chi connectivity index (χ3n) is 4.70. The number of halogens is 1. The Morgan fingerprint density at radius 2 is 1.87 bits per heavy atom. The predicted molar refractivity (Wildman–Crippen MR) is 85.7 cm³/mol. The van der Waals surface area contributed by atoms with Gasteiger partial charge in [0.2, 0.25) is 5.91 Å². The van der Waals surface area contributed by atoms with Gasteiger partial charge in [-0.1, -0.05) is 19.1 Å². The molecule has 0 bridgehead atoms. The van der Waals surface area contributed by atoms with Crippen LogP contribution in [0.5, 0.6) is 0 Å². The van der Waals surface area contributed by atoms with Gasteiger partial charge >= 0.3 is 6.03 Å². The van der Waals surface area contributed by atoms with Gasteiger partial charge in [-0.15, -0.1) is 0 Å². The SMILES string of the molecule is CC1CCN(C(=O)CN2CCN(c3ccccc3F)C2=O)CC1. The van der Waals surface area contributed by atoms with E-state index in [9.17, 15) is 14.0 Å². The van der Waals surface area contributed by atoms with Gasteiger partial charge in [0, 0.05) is 26.2 Å². The van der Waals surface area contributed by atoms with Crippen LogP contribution in [0.2, 0.25) is 0 Å². The molecular weight excluding hydrogens is 297 g/mol. The van der Waals surface area contributed by atoms with Gasteiger partial charge in [-0.2, -0.15) is 0 Å². The Balaban J connectivity index is 1.61. The summed E-state index contributed by atoms with van der Waals surface area (Å²) >= 11 is 0. The molecule has 0 radical (unpaired) electrons. The number of amides is 3. The molecule has 5 nitrogen and oxygen atoms in total. The van der Waals surface area contributed by atoms with Crippen molar-refractivity contribution in [2.24, 2.45) is 5.92 Å². The van der Waals surface area contributed by atoms with E-state index < -0.39 is 5.82 Å². The molecule has 124 valence electrons. The summed E-state index contributed by atoms with van der Waals surface area (Å²) in [6.07, 6.45) is 2.03. The number of likely N-dealkylation sites (tertiary alicyclic amines) is 1. The summed E-state index contributed by atoms with van der Waals surface area (Å²) in [5.74, 6) is 0.226. The summed E-state index contributed by atoms with van der Waals surface area (Å²) in [5.41, 5.74) is 0.277. The molecule has 0 saturated carbocycles. The minimum atomic E-state index is -0.418. The zero-order chi connectivity index (χ0) is 16.4. The third-order valence-corrected chi connectivity index (χ3v) is 4.70. The largest absolute Gasteiger partial charge is 0.341 e. The number of carbonyl (C=O) groups is 2. The molecule has 2 aliphatic heterocycles. The van der Waals surface area contributed by atoms with Crippen molar-refractivity contribution in [1.29, 1.82) is 0 Å². The summed E-state index contributed by atoms with van der Waals surface area (Å²) in [7, 11) is 0. The lowest BCUT2D eigenvalue weighted by Gasteiger charge is -2.31. The molecule has 0 aliphatic carbocycles. The van der Waals surface area contributed by atoms with Crippen molar-refractivity contribution in [3.63, 3.8) is 0 Å². The Labute approximate surface area is 135 Å². The number of nitrogens with zero attached hydrogens (tertiary/aromatic N) is 3. The molecule has 2 fully saturated rings. The normalized spacial score (nSPS) is 19.6. The summed E-state index contributed by atoms with van der Waals surface area (Å²) in [5, 5.41) is 0. The first-order valence-corrected chi connectivity index (χ1v) is 8.15. The van der Waals surface area contributed by atoms with Gasteiger partial charge in [-0.05, 0) is 30.9 Å². The molecule has 3 amide bonds. The Kier molecular flexibility index (Phi) is 4.50. The fourth-order valence-corrected chi connectivity index (χ4v) is 3.14. The second-order valence-electron chi connectivity index (χ2n) is 6.37. The number of hydrogen-bond donors (Lipinski definition) is 0. The highest BCUT2D eigenvalue weighted by Gasteiger charge is 2.33. The van der Waals surface area contributed by atoms with Crippen molar-refractivity contribution in [2.45, 2.75) is 19.8 Å². The second-order valence-corrected chi connectivity index (χ2v) is 6.37. The highest BCUT2D eigenvalue weighted by Crippen LogP contribution is 2.23. The predicted octanol–water partition coefficient (Wildman–Crippen LogP) is 2.33. The van der Waals surface area contributed by atoms with E-state index in [4.69, 9.17) is 0 Å². The van der Waals surface area contributed by atoms with Crippen LogP contribution in [0.15, 0.2) is 24.3 Å². The fourth-order valence-electron chi connectivity index (χ4n) is 3.14. The van der Waals surface area contributed by atoms with Crippen LogP contribution in [0.1, 0.15) is 19.8 Å². The zero-order valence-electron chi connectivity index (χ0n) is 13.4. The van der Waals surface area contributed by atoms with Gasteiger partial charge in [0.25, 0.3) is 0 Å². The van der Waals surface area contributed by atoms with Gasteiger partial charge < -0.3 is 9.80 Å². The van der Waals surface area contributed by atoms with Crippen molar-refractivity contribution in [2.75, 3.05) is 37.6 Å². The van der Waals surface area contributed by atoms with Gasteiger partial charge in [-0.25, -0.2) is 9.18 Å². The average Bonchev–Trinajstić information content (AvgIpc) is 2.89. The molecule has 2 heterocycles. The van der Waals surface area contributed by atoms with E-state index in [0.717, 1.165) is 25.9 Å². The number of rotatable bonds is 3. The lowest BCUT2D eigenvalue weighted by atomic mass is 9.99. The van der Waals surface area contributed by atoms with Gasteiger partial charge in [-0.3, -0.25) is 9.69 Å². The van der Waals surface area contributed by atoms with Gasteiger partial charge in [0.15, 0.2) is 0 Å². The first-order valence-electron chi connectivity index (χ1n) is 8.15. The van der Waals surface area contributed by atoms with Gasteiger partial charge in [0.05, 0.1) is 5.69 Å². The van der Waals surface area contributed by atoms with E-state index in [0.29, 0.717) is 19.0 Å². The van der Waals surface area contributed by atoms with Crippen molar-refractivity contribution in [1.82, 2.24) is 9.80 Å². The average molecular weight is 319 g/mol. The van der Waals surface area contributed by atoms with Crippen molar-refractivity contribution < 1.29 is 14.0 Å². The third kappa shape index (κ3) is 3.30. The lowest BCUT2D eigenvalue weighted by Crippen LogP contribution is -2.45. The molecule has 0 aromatic heterocycles. The molecule has 2 saturated heterocycles. The number of hydrogen-bond acceptors (Lipinski definition) is 2. The Hall–Kier alpha value is -2.11. The molecule has 0 spiro atoms. The second kappa shape index (κ2) is 6.56. The van der Waals surface area contributed by atoms with Crippen molar-refractivity contribution >= 4 is 17.6 Å². The van der Waals surface area contributed by atoms with Crippen molar-refractivity contribution in [3.05, 3.63) is 30.1 Å². The molecule has 23 heavy (non-hydrogen) atoms. The molecule has 2 aliphatic rings. The van der Waals surface area contributed by atoms with E-state index in [2.05, 4.69) is 6.92 Å². The monoisotopic (exact) mass is 319 g/mol. The quantitative estimate of drug-likeness (QED) is 0.858. The zero-order valence-corrected chi connectivity index (χ0v) is 13.4. The van der Waals surface area contributed by atoms with Gasteiger partial charge in [0.1, 0.15) is 12.4 Å². The fraction of sp³-hybridized carbons (Fsp3) is 0.529. The lowest BCUT2D eigenvalue weighted by molar-refractivity contribution is -0.132. The molecule has 6 heteroatoms. The summed E-state index contributed by atoms with van der Waals surface area (Å²) in [6.45, 7) is 4.65. The van der Waals surface area contributed by atoms with E-state index in [1.54, 1.807) is 18.2 Å². The minimum absolute atomic E-state index is 0.0133. The smallest absolute Gasteiger partial charge is 0.325 e. The molecule has 0 unspecified atom stereocenters. The molecule has 1 aromatic carbocycles. The van der Waals surface area contributed by atoms with Crippen LogP contribution >= 0.6 is 0 Å². The van der Waals surface area contributed by atoms with Crippen LogP contribution in [0.25, 0.3) is 0 Å². The maximum atomic E-state index is 13.8. The number of carbonyl (C=O) groups excluding carboxylic acids is 2. The molecule has 1 aromatic rings. The number of para-hydroxylation sites is 1. The maximum Gasteiger partial charge on any atom is 0.325 e. The standard InChI is InChI=1S/C17H22FN3O2/c1-13-6-8-19(9-7-13)16(22)12-20-10-11-21(17(20)23)15-5-3-2-4-14(15)18/h2-5,13H,6-12H2,1H3. The van der Waals surface area contributed by atoms with E-state index in [-0.39, 0.29) is 24.2 Å². The summed E-state index contributed by atoms with van der Waals surface area (Å²) in [6, 6.07) is 5.93. The topological polar surface area (TPSA) is 43.9 Å². The Morgan fingerprint density at radius 1 is 1.17 bits per heavy atom. The van der Waals surface area contributed by atoms with E-state index >= 15 is 0 Å². The van der Waals surface area contributed by atoms with Crippen molar-refractivity contribution in [3.8, 4) is 0 Å². The molecule has 0 atom stereocenters. The van der Waals surface area contributed by atoms with Crippen LogP contribution in [0, 0.1) is 11.7 Å². The number of benzene rings is 1. The Bertz CT molecular complexity index is 599. The van der Waals surface area contributed by atoms with Crippen LogP contribution in [-0.2, 0) is 4.79 Å². The van der Waals surface area contributed by atoms with Crippen LogP contribution in [0.3, 0.4) is 0 Å². The molecular formula is C17H22FN3O2. The maximum absolute atomic E-state index is 13.8. The van der Waals surface area contributed by atoms with Crippen LogP contribution < -0.4 is 4.90 Å². The summed E-state index contributed by atoms with van der Waals surface area (Å²) in [4.78, 5) is 29.5. The van der Waals surface area contributed by atoms with E-state index in [1.807, 2.05) is 4.90 Å². The van der Waals surface area contributed by atoms with Crippen LogP contribution in [-0.4, -0.2) is 54.5 Å². The first-order chi connectivity index (χ1) is 11.1. The van der Waals surface area contributed by atoms with Crippen LogP contribution in [0.4, 0.5) is 14.9 Å². The number of piperidine rings is 1. The molecule has 3 rings (SSSR count). The number of urea groups is 1. The minimum Gasteiger partial charge on any atom is -0.341 e. The van der Waals surface area contributed by atoms with E-state index in [1.165, 1.54) is 15.9 Å². The Morgan fingerprint density at radius 3 is 2.57 bits per heavy atom. The summed E-state index contributed by atoms with van der Waals surface area (Å²) < 4.78 is 13.8.